The van der Waals surface area contributed by atoms with Gasteiger partial charge in [0.2, 0.25) is 11.4 Å². The Labute approximate surface area is 86.6 Å². The van der Waals surface area contributed by atoms with Crippen molar-refractivity contribution < 1.29 is 24.6 Å². The van der Waals surface area contributed by atoms with Crippen LogP contribution in [0.3, 0.4) is 0 Å². The molecule has 0 saturated carbocycles. The molecule has 84 valence electrons. The lowest BCUT2D eigenvalue weighted by Crippen LogP contribution is -2.54. The Morgan fingerprint density at radius 2 is 2.27 bits per heavy atom. The van der Waals surface area contributed by atoms with E-state index in [1.54, 1.807) is 13.8 Å². The first-order valence-electron chi connectivity index (χ1n) is 4.63. The first-order valence-corrected chi connectivity index (χ1v) is 4.63. The topological polar surface area (TPSA) is 79.2 Å². The zero-order valence-corrected chi connectivity index (χ0v) is 8.56. The van der Waals surface area contributed by atoms with E-state index in [2.05, 4.69) is 0 Å². The third kappa shape index (κ3) is 1.33. The molecule has 2 N–H and O–H groups in total. The van der Waals surface area contributed by atoms with Gasteiger partial charge < -0.3 is 14.6 Å². The number of rotatable bonds is 1. The zero-order valence-electron chi connectivity index (χ0n) is 8.56. The van der Waals surface area contributed by atoms with Crippen LogP contribution in [0, 0.1) is 0 Å². The molecule has 0 aromatic heterocycles. The normalized spacial score (nSPS) is 33.5. The zero-order chi connectivity index (χ0) is 11.3. The highest BCUT2D eigenvalue weighted by molar-refractivity contribution is 5.89. The molecular formula is C9H13NO5. The van der Waals surface area contributed by atoms with Gasteiger partial charge in [-0.05, 0) is 6.08 Å². The van der Waals surface area contributed by atoms with Gasteiger partial charge in [0.25, 0.3) is 5.91 Å². The SMILES string of the molecule is CC1(C)OC2=CCN(O)C(=O)C2(CO)O1. The van der Waals surface area contributed by atoms with Gasteiger partial charge in [0.15, 0.2) is 0 Å². The summed E-state index contributed by atoms with van der Waals surface area (Å²) in [5.41, 5.74) is -1.57. The standard InChI is InChI=1S/C9H13NO5/c1-8(2)14-6-3-4-10(13)7(12)9(6,5-11)15-8/h3,11,13H,4-5H2,1-2H3. The van der Waals surface area contributed by atoms with Crippen LogP contribution in [0.4, 0.5) is 0 Å². The lowest BCUT2D eigenvalue weighted by atomic mass is 9.98. The molecule has 1 atom stereocenters. The van der Waals surface area contributed by atoms with E-state index in [0.29, 0.717) is 5.06 Å². The van der Waals surface area contributed by atoms with E-state index in [1.165, 1.54) is 6.08 Å². The molecule has 0 aliphatic carbocycles. The summed E-state index contributed by atoms with van der Waals surface area (Å²) >= 11 is 0. The molecule has 2 aliphatic rings. The largest absolute Gasteiger partial charge is 0.464 e. The monoisotopic (exact) mass is 215 g/mol. The molecule has 2 heterocycles. The molecule has 1 unspecified atom stereocenters. The Kier molecular flexibility index (Phi) is 2.04. The van der Waals surface area contributed by atoms with Gasteiger partial charge in [-0.25, -0.2) is 5.06 Å². The average Bonchev–Trinajstić information content (AvgIpc) is 2.45. The summed E-state index contributed by atoms with van der Waals surface area (Å²) in [4.78, 5) is 11.7. The van der Waals surface area contributed by atoms with Crippen LogP contribution in [0.2, 0.25) is 0 Å². The second-order valence-electron chi connectivity index (χ2n) is 4.04. The van der Waals surface area contributed by atoms with Crippen LogP contribution >= 0.6 is 0 Å². The molecule has 2 aliphatic heterocycles. The minimum atomic E-state index is -1.57. The van der Waals surface area contributed by atoms with E-state index in [4.69, 9.17) is 9.47 Å². The molecular weight excluding hydrogens is 202 g/mol. The van der Waals surface area contributed by atoms with Crippen LogP contribution in [0.1, 0.15) is 13.8 Å². The second-order valence-corrected chi connectivity index (χ2v) is 4.04. The summed E-state index contributed by atoms with van der Waals surface area (Å²) in [7, 11) is 0. The summed E-state index contributed by atoms with van der Waals surface area (Å²) < 4.78 is 10.8. The number of aliphatic hydroxyl groups is 1. The molecule has 0 radical (unpaired) electrons. The molecule has 0 spiro atoms. The highest BCUT2D eigenvalue weighted by Crippen LogP contribution is 2.41. The highest BCUT2D eigenvalue weighted by atomic mass is 16.8. The maximum Gasteiger partial charge on any atom is 0.288 e. The number of amides is 1. The number of carbonyl (C=O) groups excluding carboxylic acids is 1. The van der Waals surface area contributed by atoms with Crippen molar-refractivity contribution in [2.45, 2.75) is 25.2 Å². The molecule has 1 amide bonds. The van der Waals surface area contributed by atoms with Crippen molar-refractivity contribution in [3.05, 3.63) is 11.8 Å². The van der Waals surface area contributed by atoms with Crippen molar-refractivity contribution >= 4 is 5.91 Å². The molecule has 0 bridgehead atoms. The van der Waals surface area contributed by atoms with Crippen LogP contribution < -0.4 is 0 Å². The van der Waals surface area contributed by atoms with Gasteiger partial charge in [-0.2, -0.15) is 0 Å². The summed E-state index contributed by atoms with van der Waals surface area (Å²) in [6, 6.07) is 0. The third-order valence-electron chi connectivity index (χ3n) is 2.43. The van der Waals surface area contributed by atoms with Gasteiger partial charge in [0.1, 0.15) is 5.76 Å². The Hall–Kier alpha value is -1.11. The fraction of sp³-hybridized carbons (Fsp3) is 0.667. The van der Waals surface area contributed by atoms with Crippen LogP contribution in [-0.4, -0.2) is 45.8 Å². The number of hydrogen-bond acceptors (Lipinski definition) is 5. The molecule has 6 nitrogen and oxygen atoms in total. The lowest BCUT2D eigenvalue weighted by Gasteiger charge is -2.31. The minimum Gasteiger partial charge on any atom is -0.464 e. The first-order chi connectivity index (χ1) is 6.91. The molecule has 0 aromatic rings. The van der Waals surface area contributed by atoms with Crippen LogP contribution in [0.5, 0.6) is 0 Å². The fourth-order valence-corrected chi connectivity index (χ4v) is 1.83. The number of hydroxylamine groups is 2. The predicted octanol–water partition coefficient (Wildman–Crippen LogP) is -0.384. The maximum atomic E-state index is 11.7. The molecule has 6 heteroatoms. The third-order valence-corrected chi connectivity index (χ3v) is 2.43. The predicted molar refractivity (Wildman–Crippen MR) is 47.6 cm³/mol. The average molecular weight is 215 g/mol. The van der Waals surface area contributed by atoms with Gasteiger partial charge in [0, 0.05) is 13.8 Å². The number of ether oxygens (including phenoxy) is 2. The summed E-state index contributed by atoms with van der Waals surface area (Å²) in [6.07, 6.45) is 1.52. The smallest absolute Gasteiger partial charge is 0.288 e. The summed E-state index contributed by atoms with van der Waals surface area (Å²) in [6.45, 7) is 2.75. The number of hydrogen-bond donors (Lipinski definition) is 2. The minimum absolute atomic E-state index is 0.0371. The van der Waals surface area contributed by atoms with Crippen molar-refractivity contribution in [2.75, 3.05) is 13.2 Å². The van der Waals surface area contributed by atoms with Crippen molar-refractivity contribution in [1.29, 1.82) is 0 Å². The first kappa shape index (κ1) is 10.4. The van der Waals surface area contributed by atoms with Crippen LogP contribution in [-0.2, 0) is 14.3 Å². The second kappa shape index (κ2) is 2.94. The van der Waals surface area contributed by atoms with E-state index in [1.807, 2.05) is 0 Å². The molecule has 15 heavy (non-hydrogen) atoms. The summed E-state index contributed by atoms with van der Waals surface area (Å²) in [5, 5.41) is 19.1. The van der Waals surface area contributed by atoms with E-state index in [-0.39, 0.29) is 12.3 Å². The Bertz CT molecular complexity index is 337. The number of nitrogens with zero attached hydrogens (tertiary/aromatic N) is 1. The van der Waals surface area contributed by atoms with Crippen LogP contribution in [0.25, 0.3) is 0 Å². The maximum absolute atomic E-state index is 11.7. The van der Waals surface area contributed by atoms with Crippen molar-refractivity contribution in [3.63, 3.8) is 0 Å². The summed E-state index contributed by atoms with van der Waals surface area (Å²) in [5.74, 6) is -1.41. The van der Waals surface area contributed by atoms with Crippen molar-refractivity contribution in [1.82, 2.24) is 5.06 Å². The Balaban J connectivity index is 2.45. The molecule has 0 aromatic carbocycles. The fourth-order valence-electron chi connectivity index (χ4n) is 1.83. The lowest BCUT2D eigenvalue weighted by molar-refractivity contribution is -0.206. The van der Waals surface area contributed by atoms with E-state index in [0.717, 1.165) is 0 Å². The van der Waals surface area contributed by atoms with E-state index >= 15 is 0 Å². The number of aliphatic hydroxyl groups excluding tert-OH is 1. The molecule has 2 rings (SSSR count). The van der Waals surface area contributed by atoms with Gasteiger partial charge >= 0.3 is 0 Å². The van der Waals surface area contributed by atoms with Crippen molar-refractivity contribution in [3.8, 4) is 0 Å². The van der Waals surface area contributed by atoms with Gasteiger partial charge in [-0.1, -0.05) is 0 Å². The quantitative estimate of drug-likeness (QED) is 0.583. The number of fused-ring (bicyclic) bond motifs is 1. The highest BCUT2D eigenvalue weighted by Gasteiger charge is 2.58. The van der Waals surface area contributed by atoms with Gasteiger partial charge in [-0.3, -0.25) is 10.0 Å². The Morgan fingerprint density at radius 3 is 2.87 bits per heavy atom. The van der Waals surface area contributed by atoms with E-state index in [9.17, 15) is 15.1 Å². The molecule has 1 saturated heterocycles. The van der Waals surface area contributed by atoms with Gasteiger partial charge in [-0.15, -0.1) is 0 Å². The van der Waals surface area contributed by atoms with Crippen molar-refractivity contribution in [2.24, 2.45) is 0 Å². The number of carbonyl (C=O) groups is 1. The molecule has 1 fully saturated rings. The van der Waals surface area contributed by atoms with E-state index < -0.39 is 23.9 Å². The van der Waals surface area contributed by atoms with Gasteiger partial charge in [0.05, 0.1) is 13.2 Å². The Morgan fingerprint density at radius 1 is 1.60 bits per heavy atom. The van der Waals surface area contributed by atoms with Crippen LogP contribution in [0.15, 0.2) is 11.8 Å².